The highest BCUT2D eigenvalue weighted by Gasteiger charge is 1.92. The maximum atomic E-state index is 8.84. The molecule has 0 atom stereocenters. The lowest BCUT2D eigenvalue weighted by Crippen LogP contribution is -2.12. The number of methoxy groups -OCH3 is 1. The van der Waals surface area contributed by atoms with Crippen LogP contribution in [0, 0.1) is 0 Å². The zero-order chi connectivity index (χ0) is 7.40. The van der Waals surface area contributed by atoms with E-state index in [4.69, 9.17) is 9.53 Å². The Kier molecular flexibility index (Phi) is 2.47. The molecule has 10 heavy (non-hydrogen) atoms. The van der Waals surface area contributed by atoms with E-state index in [-0.39, 0.29) is 0 Å². The third-order valence-corrected chi connectivity index (χ3v) is 2.12. The number of benzene rings is 1. The largest absolute Gasteiger partial charge is 0.497 e. The van der Waals surface area contributed by atoms with Crippen LogP contribution in [0.2, 0.25) is 0 Å². The Morgan fingerprint density at radius 1 is 1.50 bits per heavy atom. The van der Waals surface area contributed by atoms with Crippen molar-refractivity contribution in [3.8, 4) is 5.75 Å². The number of ether oxygens (including phenoxy) is 1. The van der Waals surface area contributed by atoms with E-state index in [1.807, 2.05) is 24.3 Å². The summed E-state index contributed by atoms with van der Waals surface area (Å²) < 4.78 is 4.97. The van der Waals surface area contributed by atoms with Crippen LogP contribution in [0.3, 0.4) is 0 Å². The molecule has 1 rings (SSSR count). The first-order chi connectivity index (χ1) is 4.86. The van der Waals surface area contributed by atoms with Crippen LogP contribution in [0.1, 0.15) is 0 Å². The van der Waals surface area contributed by atoms with Crippen molar-refractivity contribution in [2.24, 2.45) is 0 Å². The second-order valence-electron chi connectivity index (χ2n) is 2.01. The van der Waals surface area contributed by atoms with E-state index in [1.54, 1.807) is 7.11 Å². The molecule has 0 fully saturated rings. The van der Waals surface area contributed by atoms with E-state index < -0.39 is 9.76 Å². The lowest BCUT2D eigenvalue weighted by molar-refractivity contribution is 0.415. The van der Waals surface area contributed by atoms with Crippen molar-refractivity contribution in [3.63, 3.8) is 0 Å². The van der Waals surface area contributed by atoms with Gasteiger partial charge in [0.25, 0.3) is 0 Å². The average Bonchev–Trinajstić information content (AvgIpc) is 2.05. The molecule has 0 saturated heterocycles. The van der Waals surface area contributed by atoms with Gasteiger partial charge in [-0.15, -0.1) is 0 Å². The summed E-state index contributed by atoms with van der Waals surface area (Å²) in [5, 5.41) is 1.01. The van der Waals surface area contributed by atoms with Crippen molar-refractivity contribution in [2.75, 3.05) is 7.11 Å². The van der Waals surface area contributed by atoms with Crippen molar-refractivity contribution < 1.29 is 9.53 Å². The lowest BCUT2D eigenvalue weighted by Gasteiger charge is -1.99. The Bertz CT molecular complexity index is 193. The molecule has 1 aromatic carbocycles. The first kappa shape index (κ1) is 7.31. The molecule has 0 aliphatic carbocycles. The molecule has 1 aromatic rings. The molecule has 0 spiro atoms. The number of hydrogen-bond donors (Lipinski definition) is 1. The van der Waals surface area contributed by atoms with E-state index in [0.29, 0.717) is 0 Å². The molecule has 0 amide bonds. The molecule has 0 saturated carbocycles. The van der Waals surface area contributed by atoms with Crippen LogP contribution < -0.4 is 9.92 Å². The molecule has 0 aliphatic heterocycles. The van der Waals surface area contributed by atoms with E-state index in [1.165, 1.54) is 0 Å². The highest BCUT2D eigenvalue weighted by molar-refractivity contribution is 6.45. The van der Waals surface area contributed by atoms with E-state index in [2.05, 4.69) is 0 Å². The van der Waals surface area contributed by atoms with Crippen molar-refractivity contribution in [2.45, 2.75) is 0 Å². The zero-order valence-corrected chi connectivity index (χ0v) is 7.29. The second kappa shape index (κ2) is 3.39. The lowest BCUT2D eigenvalue weighted by atomic mass is 10.3. The number of hydrogen-bond acceptors (Lipinski definition) is 2. The minimum Gasteiger partial charge on any atom is -0.497 e. The molecule has 0 aromatic heterocycles. The highest BCUT2D eigenvalue weighted by Crippen LogP contribution is 2.04. The predicted molar refractivity (Wildman–Crippen MR) is 43.4 cm³/mol. The fourth-order valence-corrected chi connectivity index (χ4v) is 1.30. The van der Waals surface area contributed by atoms with Crippen LogP contribution in [0.15, 0.2) is 24.3 Å². The third-order valence-electron chi connectivity index (χ3n) is 1.32. The summed E-state index contributed by atoms with van der Waals surface area (Å²) in [5.74, 6) is 0.819. The molecule has 3 heteroatoms. The van der Waals surface area contributed by atoms with Crippen LogP contribution in [0.5, 0.6) is 5.75 Å². The topological polar surface area (TPSA) is 29.5 Å². The van der Waals surface area contributed by atoms with Crippen molar-refractivity contribution in [1.82, 2.24) is 0 Å². The van der Waals surface area contributed by atoms with Crippen molar-refractivity contribution in [3.05, 3.63) is 24.3 Å². The molecule has 54 valence electrons. The predicted octanol–water partition coefficient (Wildman–Crippen LogP) is -0.603. The van der Waals surface area contributed by atoms with Gasteiger partial charge < -0.3 is 9.53 Å². The van der Waals surface area contributed by atoms with Gasteiger partial charge in [-0.05, 0) is 17.3 Å². The van der Waals surface area contributed by atoms with Gasteiger partial charge in [-0.2, -0.15) is 0 Å². The van der Waals surface area contributed by atoms with Gasteiger partial charge in [-0.3, -0.25) is 0 Å². The Balaban J connectivity index is 2.87. The fourth-order valence-electron chi connectivity index (χ4n) is 0.771. The molecule has 0 aliphatic rings. The smallest absolute Gasteiger partial charge is 0.188 e. The van der Waals surface area contributed by atoms with E-state index in [0.717, 1.165) is 10.9 Å². The van der Waals surface area contributed by atoms with Gasteiger partial charge in [-0.25, -0.2) is 0 Å². The van der Waals surface area contributed by atoms with Gasteiger partial charge in [0, 0.05) is 0 Å². The van der Waals surface area contributed by atoms with E-state index >= 15 is 0 Å². The molecule has 0 unspecified atom stereocenters. The maximum Gasteiger partial charge on any atom is 0.188 e. The summed E-state index contributed by atoms with van der Waals surface area (Å²) in [7, 11) is 0.604. The van der Waals surface area contributed by atoms with Crippen molar-refractivity contribution >= 4 is 14.9 Å². The molecular weight excluding hydrogens is 144 g/mol. The molecule has 2 nitrogen and oxygen atoms in total. The van der Waals surface area contributed by atoms with Gasteiger partial charge in [0.1, 0.15) is 5.75 Å². The van der Waals surface area contributed by atoms with Gasteiger partial charge in [0.05, 0.1) is 7.11 Å². The molecule has 1 N–H and O–H groups in total. The van der Waals surface area contributed by atoms with Crippen LogP contribution in [-0.2, 0) is 0 Å². The van der Waals surface area contributed by atoms with Gasteiger partial charge >= 0.3 is 0 Å². The molecule has 0 radical (unpaired) electrons. The fraction of sp³-hybridized carbons (Fsp3) is 0.143. The van der Waals surface area contributed by atoms with Gasteiger partial charge in [0.2, 0.25) is 0 Å². The Hall–Kier alpha value is -0.803. The second-order valence-corrected chi connectivity index (χ2v) is 3.14. The quantitative estimate of drug-likeness (QED) is 0.576. The Morgan fingerprint density at radius 2 is 2.30 bits per heavy atom. The van der Waals surface area contributed by atoms with Crippen LogP contribution in [0.25, 0.3) is 0 Å². The third kappa shape index (κ3) is 1.59. The maximum absolute atomic E-state index is 8.84. The minimum atomic E-state index is -1.02. The van der Waals surface area contributed by atoms with Crippen LogP contribution in [0.4, 0.5) is 0 Å². The summed E-state index contributed by atoms with van der Waals surface area (Å²) >= 11 is 0. The zero-order valence-electron chi connectivity index (χ0n) is 5.87. The first-order valence-electron chi connectivity index (χ1n) is 3.10. The first-order valence-corrected chi connectivity index (χ1v) is 4.44. The average molecular weight is 154 g/mol. The SMILES string of the molecule is COc1cccc([SiH2]O)c1. The van der Waals surface area contributed by atoms with Crippen molar-refractivity contribution in [1.29, 1.82) is 0 Å². The summed E-state index contributed by atoms with van der Waals surface area (Å²) in [4.78, 5) is 8.84. The monoisotopic (exact) mass is 154 g/mol. The molecular formula is C7H10O2Si. The van der Waals surface area contributed by atoms with Gasteiger partial charge in [-0.1, -0.05) is 12.1 Å². The minimum absolute atomic E-state index is 0.819. The highest BCUT2D eigenvalue weighted by atomic mass is 28.2. The Morgan fingerprint density at radius 3 is 2.90 bits per heavy atom. The van der Waals surface area contributed by atoms with E-state index in [9.17, 15) is 0 Å². The number of rotatable bonds is 2. The molecule has 0 bridgehead atoms. The summed E-state index contributed by atoms with van der Waals surface area (Å²) in [5.41, 5.74) is 0. The summed E-state index contributed by atoms with van der Waals surface area (Å²) in [6.45, 7) is 0. The summed E-state index contributed by atoms with van der Waals surface area (Å²) in [6.07, 6.45) is 0. The molecule has 0 heterocycles. The van der Waals surface area contributed by atoms with Gasteiger partial charge in [0.15, 0.2) is 9.76 Å². The summed E-state index contributed by atoms with van der Waals surface area (Å²) in [6, 6.07) is 7.53. The Labute approximate surface area is 62.4 Å². The van der Waals surface area contributed by atoms with Crippen LogP contribution in [-0.4, -0.2) is 21.7 Å². The normalized spacial score (nSPS) is 10.6. The van der Waals surface area contributed by atoms with Crippen LogP contribution >= 0.6 is 0 Å². The standard InChI is InChI=1S/C7H10O2Si/c1-9-6-3-2-4-7(5-6)10-8/h2-5,8H,10H2,1H3.